The van der Waals surface area contributed by atoms with Gasteiger partial charge in [0.05, 0.1) is 19.1 Å². The number of cyclic esters (lactones) is 1. The summed E-state index contributed by atoms with van der Waals surface area (Å²) in [6.07, 6.45) is 0.208. The summed E-state index contributed by atoms with van der Waals surface area (Å²) in [6.45, 7) is 9.98. The number of carbonyl (C=O) groups excluding carboxylic acids is 4. The monoisotopic (exact) mass is 399 g/mol. The van der Waals surface area contributed by atoms with E-state index in [-0.39, 0.29) is 37.4 Å². The van der Waals surface area contributed by atoms with E-state index in [0.717, 1.165) is 6.08 Å². The average molecular weight is 399 g/mol. The Morgan fingerprint density at radius 3 is 2.39 bits per heavy atom. The van der Waals surface area contributed by atoms with Crippen LogP contribution in [0.4, 0.5) is 4.79 Å². The third-order valence-electron chi connectivity index (χ3n) is 3.35. The number of rotatable bonds is 8. The van der Waals surface area contributed by atoms with Gasteiger partial charge in [-0.3, -0.25) is 4.79 Å². The summed E-state index contributed by atoms with van der Waals surface area (Å²) in [7, 11) is 0. The van der Waals surface area contributed by atoms with Gasteiger partial charge in [0.25, 0.3) is 0 Å². The van der Waals surface area contributed by atoms with Crippen molar-refractivity contribution < 1.29 is 38.1 Å². The summed E-state index contributed by atoms with van der Waals surface area (Å²) in [5, 5.41) is 2.43. The zero-order valence-corrected chi connectivity index (χ0v) is 17.2. The molecule has 1 atom stereocenters. The first-order valence-electron chi connectivity index (χ1n) is 9.11. The third kappa shape index (κ3) is 8.88. The molecule has 0 aliphatic carbocycles. The maximum Gasteiger partial charge on any atom is 0.408 e. The molecule has 0 aromatic heterocycles. The van der Waals surface area contributed by atoms with Gasteiger partial charge in [-0.2, -0.15) is 0 Å². The minimum atomic E-state index is -1.15. The van der Waals surface area contributed by atoms with Crippen LogP contribution in [0.1, 0.15) is 60.8 Å². The average Bonchev–Trinajstić information content (AvgIpc) is 2.47. The van der Waals surface area contributed by atoms with E-state index in [1.54, 1.807) is 41.5 Å². The Labute approximate surface area is 164 Å². The normalized spacial score (nSPS) is 16.8. The molecule has 0 fully saturated rings. The Kier molecular flexibility index (Phi) is 8.01. The summed E-state index contributed by atoms with van der Waals surface area (Å²) in [6, 6.07) is -1.03. The van der Waals surface area contributed by atoms with Gasteiger partial charge >= 0.3 is 18.0 Å². The predicted octanol–water partition coefficient (Wildman–Crippen LogP) is 2.38. The number of hydrogen-bond donors (Lipinski definition) is 1. The number of ether oxygens (including phenoxy) is 4. The van der Waals surface area contributed by atoms with E-state index < -0.39 is 35.5 Å². The van der Waals surface area contributed by atoms with E-state index in [4.69, 9.17) is 18.9 Å². The quantitative estimate of drug-likeness (QED) is 0.488. The van der Waals surface area contributed by atoms with Crippen molar-refractivity contribution in [2.24, 2.45) is 0 Å². The molecule has 0 spiro atoms. The molecule has 0 aromatic carbocycles. The van der Waals surface area contributed by atoms with Gasteiger partial charge in [-0.25, -0.2) is 14.4 Å². The van der Waals surface area contributed by atoms with Crippen molar-refractivity contribution >= 4 is 23.8 Å². The highest BCUT2D eigenvalue weighted by atomic mass is 16.7. The molecule has 0 saturated carbocycles. The maximum atomic E-state index is 12.3. The standard InChI is InChI=1S/C19H29NO8/c1-7-25-16(23)14(20-17(24)28-18(2,3)4)9-8-12(21)10-13-11-15(22)27-19(5,6)26-13/h11,14H,7-10H2,1-6H3,(H,20,24)/t14-/m0/s1. The minimum absolute atomic E-state index is 0.0258. The lowest BCUT2D eigenvalue weighted by Gasteiger charge is -2.30. The number of allylic oxidation sites excluding steroid dienone is 1. The van der Waals surface area contributed by atoms with Crippen molar-refractivity contribution in [3.63, 3.8) is 0 Å². The predicted molar refractivity (Wildman–Crippen MR) is 98.0 cm³/mol. The molecule has 9 nitrogen and oxygen atoms in total. The van der Waals surface area contributed by atoms with Crippen LogP contribution in [0.25, 0.3) is 0 Å². The van der Waals surface area contributed by atoms with Gasteiger partial charge in [0.2, 0.25) is 5.79 Å². The molecular formula is C19H29NO8. The molecule has 9 heteroatoms. The second-order valence-electron chi connectivity index (χ2n) is 7.74. The summed E-state index contributed by atoms with van der Waals surface area (Å²) in [5.74, 6) is -2.46. The largest absolute Gasteiger partial charge is 0.464 e. The molecule has 158 valence electrons. The summed E-state index contributed by atoms with van der Waals surface area (Å²) in [5.41, 5.74) is -0.731. The van der Waals surface area contributed by atoms with Gasteiger partial charge in [0.1, 0.15) is 23.2 Å². The zero-order valence-electron chi connectivity index (χ0n) is 17.2. The van der Waals surface area contributed by atoms with Crippen molar-refractivity contribution in [2.45, 2.75) is 78.2 Å². The van der Waals surface area contributed by atoms with Crippen molar-refractivity contribution in [3.05, 3.63) is 11.8 Å². The first-order chi connectivity index (χ1) is 12.8. The van der Waals surface area contributed by atoms with Crippen LogP contribution >= 0.6 is 0 Å². The number of esters is 2. The lowest BCUT2D eigenvalue weighted by atomic mass is 10.1. The van der Waals surface area contributed by atoms with E-state index in [9.17, 15) is 19.2 Å². The minimum Gasteiger partial charge on any atom is -0.464 e. The molecule has 1 N–H and O–H groups in total. The Morgan fingerprint density at radius 2 is 1.86 bits per heavy atom. The van der Waals surface area contributed by atoms with E-state index in [0.29, 0.717) is 0 Å². The highest BCUT2D eigenvalue weighted by molar-refractivity contribution is 5.87. The molecule has 1 amide bonds. The maximum absolute atomic E-state index is 12.3. The Balaban J connectivity index is 2.66. The van der Waals surface area contributed by atoms with Crippen molar-refractivity contribution in [1.29, 1.82) is 0 Å². The van der Waals surface area contributed by atoms with Crippen LogP contribution in [0.15, 0.2) is 11.8 Å². The molecular weight excluding hydrogens is 370 g/mol. The van der Waals surface area contributed by atoms with E-state index >= 15 is 0 Å². The Morgan fingerprint density at radius 1 is 1.21 bits per heavy atom. The number of Topliss-reactive ketones (excluding diaryl/α,β-unsaturated/α-hetero) is 1. The molecule has 0 bridgehead atoms. The second-order valence-corrected chi connectivity index (χ2v) is 7.74. The molecule has 0 unspecified atom stereocenters. The molecule has 1 rings (SSSR count). The van der Waals surface area contributed by atoms with Crippen LogP contribution in [-0.2, 0) is 33.3 Å². The van der Waals surface area contributed by atoms with Gasteiger partial charge in [-0.1, -0.05) is 0 Å². The SMILES string of the molecule is CCOC(=O)[C@H](CCC(=O)CC1=CC(=O)OC(C)(C)O1)NC(=O)OC(C)(C)C. The Hall–Kier alpha value is -2.58. The van der Waals surface area contributed by atoms with Gasteiger partial charge in [-0.05, 0) is 34.1 Å². The van der Waals surface area contributed by atoms with Crippen LogP contribution in [0.3, 0.4) is 0 Å². The van der Waals surface area contributed by atoms with Crippen molar-refractivity contribution in [3.8, 4) is 0 Å². The van der Waals surface area contributed by atoms with Gasteiger partial charge in [-0.15, -0.1) is 0 Å². The zero-order chi connectivity index (χ0) is 21.5. The summed E-state index contributed by atoms with van der Waals surface area (Å²) in [4.78, 5) is 47.8. The molecule has 1 aliphatic heterocycles. The second kappa shape index (κ2) is 9.57. The number of nitrogens with one attached hydrogen (secondary N) is 1. The number of carbonyl (C=O) groups is 4. The fraction of sp³-hybridized carbons (Fsp3) is 0.684. The summed E-state index contributed by atoms with van der Waals surface area (Å²) < 4.78 is 20.5. The highest BCUT2D eigenvalue weighted by Crippen LogP contribution is 2.24. The third-order valence-corrected chi connectivity index (χ3v) is 3.35. The molecule has 0 aromatic rings. The van der Waals surface area contributed by atoms with Crippen LogP contribution in [0, 0.1) is 0 Å². The lowest BCUT2D eigenvalue weighted by Crippen LogP contribution is -2.44. The topological polar surface area (TPSA) is 117 Å². The fourth-order valence-electron chi connectivity index (χ4n) is 2.39. The smallest absolute Gasteiger partial charge is 0.408 e. The van der Waals surface area contributed by atoms with E-state index in [1.165, 1.54) is 0 Å². The first kappa shape index (κ1) is 23.5. The number of ketones is 1. The number of hydrogen-bond acceptors (Lipinski definition) is 8. The van der Waals surface area contributed by atoms with Gasteiger partial charge < -0.3 is 24.3 Å². The Bertz CT molecular complexity index is 645. The highest BCUT2D eigenvalue weighted by Gasteiger charge is 2.31. The van der Waals surface area contributed by atoms with E-state index in [1.807, 2.05) is 0 Å². The lowest BCUT2D eigenvalue weighted by molar-refractivity contribution is -0.205. The molecule has 0 radical (unpaired) electrons. The van der Waals surface area contributed by atoms with Crippen LogP contribution in [-0.4, -0.2) is 47.9 Å². The van der Waals surface area contributed by atoms with Gasteiger partial charge in [0, 0.05) is 20.3 Å². The molecule has 0 saturated heterocycles. The van der Waals surface area contributed by atoms with Crippen LogP contribution in [0.5, 0.6) is 0 Å². The van der Waals surface area contributed by atoms with E-state index in [2.05, 4.69) is 5.32 Å². The first-order valence-corrected chi connectivity index (χ1v) is 9.11. The van der Waals surface area contributed by atoms with Gasteiger partial charge in [0.15, 0.2) is 0 Å². The molecule has 28 heavy (non-hydrogen) atoms. The summed E-state index contributed by atoms with van der Waals surface area (Å²) >= 11 is 0. The molecule has 1 heterocycles. The van der Waals surface area contributed by atoms with Crippen LogP contribution in [0.2, 0.25) is 0 Å². The fourth-order valence-corrected chi connectivity index (χ4v) is 2.39. The number of alkyl carbamates (subject to hydrolysis) is 1. The van der Waals surface area contributed by atoms with Crippen molar-refractivity contribution in [2.75, 3.05) is 6.61 Å². The van der Waals surface area contributed by atoms with Crippen LogP contribution < -0.4 is 5.32 Å². The van der Waals surface area contributed by atoms with Crippen molar-refractivity contribution in [1.82, 2.24) is 5.32 Å². The number of amides is 1. The molecule has 1 aliphatic rings.